The van der Waals surface area contributed by atoms with Crippen LogP contribution in [0.5, 0.6) is 0 Å². The van der Waals surface area contributed by atoms with Crippen LogP contribution >= 0.6 is 11.8 Å². The van der Waals surface area contributed by atoms with E-state index < -0.39 is 0 Å². The largest absolute Gasteiger partial charge is 0.350 e. The maximum Gasteiger partial charge on any atom is 0.350 e. The van der Waals surface area contributed by atoms with Crippen molar-refractivity contribution < 1.29 is 0 Å². The number of aromatic amines is 1. The third kappa shape index (κ3) is 3.32. The molecule has 2 heterocycles. The highest BCUT2D eigenvalue weighted by atomic mass is 32.2. The zero-order valence-electron chi connectivity index (χ0n) is 15.8. The lowest BCUT2D eigenvalue weighted by atomic mass is 10.1. The van der Waals surface area contributed by atoms with Crippen molar-refractivity contribution in [3.63, 3.8) is 0 Å². The third-order valence-corrected chi connectivity index (χ3v) is 5.89. The molecule has 0 radical (unpaired) electrons. The Morgan fingerprint density at radius 3 is 2.66 bits per heavy atom. The Morgan fingerprint density at radius 1 is 1.00 bits per heavy atom. The van der Waals surface area contributed by atoms with Gasteiger partial charge in [0.15, 0.2) is 10.8 Å². The summed E-state index contributed by atoms with van der Waals surface area (Å²) in [6.45, 7) is 2.05. The smallest absolute Gasteiger partial charge is 0.285 e. The third-order valence-electron chi connectivity index (χ3n) is 4.96. The normalized spacial score (nSPS) is 11.3. The van der Waals surface area contributed by atoms with Crippen LogP contribution in [-0.2, 0) is 5.75 Å². The summed E-state index contributed by atoms with van der Waals surface area (Å²) in [4.78, 5) is 20.1. The molecular weight excluding hydrogens is 380 g/mol. The van der Waals surface area contributed by atoms with E-state index in [0.717, 1.165) is 11.1 Å². The first-order valence-electron chi connectivity index (χ1n) is 9.33. The van der Waals surface area contributed by atoms with Crippen molar-refractivity contribution in [1.82, 2.24) is 19.6 Å². The molecule has 3 aromatic carbocycles. The number of H-pyrrole nitrogens is 1. The molecule has 0 atom stereocenters. The van der Waals surface area contributed by atoms with E-state index in [1.807, 2.05) is 43.3 Å². The van der Waals surface area contributed by atoms with Gasteiger partial charge in [-0.25, -0.2) is 9.78 Å². The number of nitrogens with one attached hydrogen (secondary N) is 1. The van der Waals surface area contributed by atoms with Crippen molar-refractivity contribution in [2.75, 3.05) is 0 Å². The van der Waals surface area contributed by atoms with Gasteiger partial charge in [0.05, 0.1) is 6.20 Å². The van der Waals surface area contributed by atoms with Crippen molar-refractivity contribution in [2.45, 2.75) is 17.8 Å². The van der Waals surface area contributed by atoms with Gasteiger partial charge in [0.1, 0.15) is 0 Å². The van der Waals surface area contributed by atoms with Crippen LogP contribution < -0.4 is 5.69 Å². The van der Waals surface area contributed by atoms with E-state index in [1.165, 1.54) is 38.2 Å². The molecule has 6 heteroatoms. The second kappa shape index (κ2) is 7.22. The summed E-state index contributed by atoms with van der Waals surface area (Å²) in [6, 6.07) is 22.7. The zero-order chi connectivity index (χ0) is 19.8. The highest BCUT2D eigenvalue weighted by Crippen LogP contribution is 2.27. The Balaban J connectivity index is 1.51. The van der Waals surface area contributed by atoms with Gasteiger partial charge >= 0.3 is 5.69 Å². The quantitative estimate of drug-likeness (QED) is 0.440. The SMILES string of the molecule is Cc1ccc(-c2cnn3c(=O)[nH]c(SCc4cccc5ccccc45)nc23)cc1. The summed E-state index contributed by atoms with van der Waals surface area (Å²) in [7, 11) is 0. The predicted octanol–water partition coefficient (Wildman–Crippen LogP) is 4.84. The van der Waals surface area contributed by atoms with Crippen molar-refractivity contribution in [1.29, 1.82) is 0 Å². The highest BCUT2D eigenvalue weighted by molar-refractivity contribution is 7.98. The Bertz CT molecular complexity index is 1380. The topological polar surface area (TPSA) is 63.1 Å². The van der Waals surface area contributed by atoms with Gasteiger partial charge in [-0.3, -0.25) is 4.98 Å². The molecule has 0 aliphatic heterocycles. The second-order valence-electron chi connectivity index (χ2n) is 6.93. The van der Waals surface area contributed by atoms with E-state index in [1.54, 1.807) is 6.20 Å². The average molecular weight is 398 g/mol. The van der Waals surface area contributed by atoms with Gasteiger partial charge in [-0.15, -0.1) is 0 Å². The van der Waals surface area contributed by atoms with E-state index in [2.05, 4.69) is 40.4 Å². The maximum atomic E-state index is 12.5. The fourth-order valence-electron chi connectivity index (χ4n) is 3.44. The molecular formula is C23H18N4OS. The molecule has 0 aliphatic rings. The van der Waals surface area contributed by atoms with Crippen LogP contribution in [0.2, 0.25) is 0 Å². The minimum Gasteiger partial charge on any atom is -0.285 e. The minimum atomic E-state index is -0.284. The molecule has 0 spiro atoms. The van der Waals surface area contributed by atoms with E-state index >= 15 is 0 Å². The average Bonchev–Trinajstić information content (AvgIpc) is 3.17. The molecule has 0 saturated heterocycles. The van der Waals surface area contributed by atoms with E-state index in [-0.39, 0.29) is 5.69 Å². The molecule has 0 aliphatic carbocycles. The Morgan fingerprint density at radius 2 is 1.79 bits per heavy atom. The molecule has 0 fully saturated rings. The molecule has 2 aromatic heterocycles. The fraction of sp³-hybridized carbons (Fsp3) is 0.0870. The molecule has 5 aromatic rings. The molecule has 0 amide bonds. The van der Waals surface area contributed by atoms with Crippen LogP contribution in [-0.4, -0.2) is 19.6 Å². The molecule has 29 heavy (non-hydrogen) atoms. The molecule has 0 bridgehead atoms. The lowest BCUT2D eigenvalue weighted by Crippen LogP contribution is -2.19. The van der Waals surface area contributed by atoms with Gasteiger partial charge in [-0.05, 0) is 28.8 Å². The molecule has 0 unspecified atom stereocenters. The summed E-state index contributed by atoms with van der Waals surface area (Å²) in [5, 5.41) is 7.23. The minimum absolute atomic E-state index is 0.284. The Labute approximate surface area is 171 Å². The lowest BCUT2D eigenvalue weighted by molar-refractivity contribution is 0.787. The van der Waals surface area contributed by atoms with Gasteiger partial charge in [-0.1, -0.05) is 84.1 Å². The zero-order valence-corrected chi connectivity index (χ0v) is 16.6. The summed E-state index contributed by atoms with van der Waals surface area (Å²) in [5.74, 6) is 0.717. The number of benzene rings is 3. The second-order valence-corrected chi connectivity index (χ2v) is 7.90. The Kier molecular flexibility index (Phi) is 4.41. The summed E-state index contributed by atoms with van der Waals surface area (Å²) < 4.78 is 1.32. The number of aromatic nitrogens is 4. The molecule has 142 valence electrons. The number of nitrogens with zero attached hydrogens (tertiary/aromatic N) is 3. The maximum absolute atomic E-state index is 12.5. The standard InChI is InChI=1S/C23H18N4OS/c1-15-9-11-17(12-10-15)20-13-24-27-21(20)25-22(26-23(27)28)29-14-18-7-4-6-16-5-2-3-8-19(16)18/h2-13H,14H2,1H3,(H,25,26,28). The van der Waals surface area contributed by atoms with Crippen LogP contribution in [0, 0.1) is 6.92 Å². The van der Waals surface area contributed by atoms with Crippen LogP contribution in [0.3, 0.4) is 0 Å². The van der Waals surface area contributed by atoms with E-state index in [4.69, 9.17) is 4.98 Å². The summed E-state index contributed by atoms with van der Waals surface area (Å²) in [5.41, 5.74) is 4.52. The monoisotopic (exact) mass is 398 g/mol. The van der Waals surface area contributed by atoms with E-state index in [9.17, 15) is 4.79 Å². The van der Waals surface area contributed by atoms with Crippen LogP contribution in [0.4, 0.5) is 0 Å². The first-order chi connectivity index (χ1) is 14.2. The number of fused-ring (bicyclic) bond motifs is 2. The van der Waals surface area contributed by atoms with Gasteiger partial charge in [0, 0.05) is 11.3 Å². The van der Waals surface area contributed by atoms with Gasteiger partial charge in [0.25, 0.3) is 0 Å². The number of hydrogen-bond donors (Lipinski definition) is 1. The van der Waals surface area contributed by atoms with Gasteiger partial charge in [0.2, 0.25) is 0 Å². The van der Waals surface area contributed by atoms with Crippen LogP contribution in [0.25, 0.3) is 27.5 Å². The first kappa shape index (κ1) is 17.7. The number of thioether (sulfide) groups is 1. The number of aryl methyl sites for hydroxylation is 1. The van der Waals surface area contributed by atoms with Crippen molar-refractivity contribution >= 4 is 28.2 Å². The summed E-state index contributed by atoms with van der Waals surface area (Å²) >= 11 is 1.52. The fourth-order valence-corrected chi connectivity index (χ4v) is 4.29. The van der Waals surface area contributed by atoms with E-state index in [0.29, 0.717) is 16.6 Å². The van der Waals surface area contributed by atoms with Crippen LogP contribution in [0.1, 0.15) is 11.1 Å². The number of hydrogen-bond acceptors (Lipinski definition) is 4. The van der Waals surface area contributed by atoms with Crippen molar-refractivity contribution in [3.8, 4) is 11.1 Å². The molecule has 1 N–H and O–H groups in total. The van der Waals surface area contributed by atoms with Crippen LogP contribution in [0.15, 0.2) is 82.9 Å². The molecule has 0 saturated carbocycles. The first-order valence-corrected chi connectivity index (χ1v) is 10.3. The highest BCUT2D eigenvalue weighted by Gasteiger charge is 2.12. The van der Waals surface area contributed by atoms with Gasteiger partial charge in [-0.2, -0.15) is 9.61 Å². The van der Waals surface area contributed by atoms with Crippen molar-refractivity contribution in [2.24, 2.45) is 0 Å². The molecule has 5 nitrogen and oxygen atoms in total. The van der Waals surface area contributed by atoms with Crippen molar-refractivity contribution in [3.05, 3.63) is 94.5 Å². The predicted molar refractivity (Wildman–Crippen MR) is 117 cm³/mol. The summed E-state index contributed by atoms with van der Waals surface area (Å²) in [6.07, 6.45) is 1.70. The Hall–Kier alpha value is -3.38. The molecule has 5 rings (SSSR count). The lowest BCUT2D eigenvalue weighted by Gasteiger charge is -2.06. The number of rotatable bonds is 4. The van der Waals surface area contributed by atoms with Gasteiger partial charge < -0.3 is 0 Å².